The van der Waals surface area contributed by atoms with Crippen molar-refractivity contribution < 1.29 is 9.59 Å². The molecule has 0 aromatic heterocycles. The number of likely N-dealkylation sites (tertiary alicyclic amines) is 1. The highest BCUT2D eigenvalue weighted by Gasteiger charge is 2.28. The minimum Gasteiger partial charge on any atom is -0.378 e. The molecule has 3 amide bonds. The number of rotatable bonds is 5. The molecular formula is C22H28N4O2. The smallest absolute Gasteiger partial charge is 0.321 e. The number of piperidine rings is 1. The predicted octanol–water partition coefficient (Wildman–Crippen LogP) is 3.31. The number of nitrogens with zero attached hydrogens (tertiary/aromatic N) is 2. The molecule has 0 radical (unpaired) electrons. The van der Waals surface area contributed by atoms with Gasteiger partial charge in [-0.05, 0) is 42.7 Å². The summed E-state index contributed by atoms with van der Waals surface area (Å²) in [6, 6.07) is 17.4. The molecule has 0 unspecified atom stereocenters. The van der Waals surface area contributed by atoms with Crippen LogP contribution in [-0.4, -0.2) is 44.0 Å². The van der Waals surface area contributed by atoms with Crippen LogP contribution in [0.5, 0.6) is 0 Å². The fourth-order valence-electron chi connectivity index (χ4n) is 3.35. The summed E-state index contributed by atoms with van der Waals surface area (Å²) in [5.41, 5.74) is 2.95. The lowest BCUT2D eigenvalue weighted by Crippen LogP contribution is -2.46. The highest BCUT2D eigenvalue weighted by molar-refractivity contribution is 5.90. The van der Waals surface area contributed by atoms with Crippen molar-refractivity contribution in [1.82, 2.24) is 10.2 Å². The van der Waals surface area contributed by atoms with E-state index in [1.54, 1.807) is 4.90 Å². The van der Waals surface area contributed by atoms with E-state index in [9.17, 15) is 9.59 Å². The summed E-state index contributed by atoms with van der Waals surface area (Å²) in [6.45, 7) is 1.62. The van der Waals surface area contributed by atoms with Gasteiger partial charge in [-0.2, -0.15) is 0 Å². The lowest BCUT2D eigenvalue weighted by atomic mass is 9.97. The Hall–Kier alpha value is -3.02. The SMILES string of the molecule is CN(C)c1ccc(CNC(=O)[C@H]2CCCN(C(=O)Nc3ccccc3)C2)cc1. The van der Waals surface area contributed by atoms with Crippen LogP contribution in [0.1, 0.15) is 18.4 Å². The third kappa shape index (κ3) is 5.25. The van der Waals surface area contributed by atoms with E-state index in [1.807, 2.05) is 73.6 Å². The zero-order valence-electron chi connectivity index (χ0n) is 16.5. The van der Waals surface area contributed by atoms with Crippen LogP contribution in [0.25, 0.3) is 0 Å². The van der Waals surface area contributed by atoms with Gasteiger partial charge in [0.05, 0.1) is 5.92 Å². The molecule has 1 fully saturated rings. The van der Waals surface area contributed by atoms with E-state index < -0.39 is 0 Å². The molecule has 6 heteroatoms. The van der Waals surface area contributed by atoms with Crippen LogP contribution in [0.15, 0.2) is 54.6 Å². The van der Waals surface area contributed by atoms with E-state index in [0.29, 0.717) is 19.6 Å². The van der Waals surface area contributed by atoms with Crippen LogP contribution >= 0.6 is 0 Å². The van der Waals surface area contributed by atoms with Gasteiger partial charge in [-0.25, -0.2) is 4.79 Å². The zero-order valence-corrected chi connectivity index (χ0v) is 16.5. The van der Waals surface area contributed by atoms with Crippen LogP contribution in [0.2, 0.25) is 0 Å². The van der Waals surface area contributed by atoms with Crippen molar-refractivity contribution in [3.63, 3.8) is 0 Å². The van der Waals surface area contributed by atoms with Crippen molar-refractivity contribution in [2.45, 2.75) is 19.4 Å². The molecule has 1 atom stereocenters. The Balaban J connectivity index is 1.50. The number of hydrogen-bond acceptors (Lipinski definition) is 3. The molecule has 2 aromatic carbocycles. The second-order valence-electron chi connectivity index (χ2n) is 7.36. The molecule has 28 heavy (non-hydrogen) atoms. The fourth-order valence-corrected chi connectivity index (χ4v) is 3.35. The highest BCUT2D eigenvalue weighted by Crippen LogP contribution is 2.19. The molecule has 148 valence electrons. The van der Waals surface area contributed by atoms with Gasteiger partial charge >= 0.3 is 6.03 Å². The van der Waals surface area contributed by atoms with E-state index >= 15 is 0 Å². The van der Waals surface area contributed by atoms with Crippen LogP contribution in [-0.2, 0) is 11.3 Å². The number of amides is 3. The Labute approximate surface area is 166 Å². The number of benzene rings is 2. The third-order valence-electron chi connectivity index (χ3n) is 5.02. The van der Waals surface area contributed by atoms with Crippen molar-refractivity contribution in [3.8, 4) is 0 Å². The summed E-state index contributed by atoms with van der Waals surface area (Å²) in [5, 5.41) is 5.91. The summed E-state index contributed by atoms with van der Waals surface area (Å²) in [4.78, 5) is 28.8. The van der Waals surface area contributed by atoms with E-state index in [4.69, 9.17) is 0 Å². The Bertz CT molecular complexity index is 790. The lowest BCUT2D eigenvalue weighted by molar-refractivity contribution is -0.126. The maximum Gasteiger partial charge on any atom is 0.321 e. The third-order valence-corrected chi connectivity index (χ3v) is 5.02. The Kier molecular flexibility index (Phi) is 6.53. The van der Waals surface area contributed by atoms with Gasteiger partial charge in [0.2, 0.25) is 5.91 Å². The summed E-state index contributed by atoms with van der Waals surface area (Å²) < 4.78 is 0. The van der Waals surface area contributed by atoms with Crippen LogP contribution in [0, 0.1) is 5.92 Å². The Morgan fingerprint density at radius 2 is 1.79 bits per heavy atom. The van der Waals surface area contributed by atoms with Crippen molar-refractivity contribution in [2.75, 3.05) is 37.4 Å². The first-order chi connectivity index (χ1) is 13.5. The van der Waals surface area contributed by atoms with E-state index in [1.165, 1.54) is 0 Å². The largest absolute Gasteiger partial charge is 0.378 e. The molecule has 0 bridgehead atoms. The number of carbonyl (C=O) groups excluding carboxylic acids is 2. The standard InChI is InChI=1S/C22H28N4O2/c1-25(2)20-12-10-17(11-13-20)15-23-21(27)18-7-6-14-26(16-18)22(28)24-19-8-4-3-5-9-19/h3-5,8-13,18H,6-7,14-16H2,1-2H3,(H,23,27)(H,24,28)/t18-/m0/s1. The topological polar surface area (TPSA) is 64.7 Å². The van der Waals surface area contributed by atoms with Crippen molar-refractivity contribution in [2.24, 2.45) is 5.92 Å². The molecule has 3 rings (SSSR count). The molecule has 1 saturated heterocycles. The van der Waals surface area contributed by atoms with E-state index in [0.717, 1.165) is 29.8 Å². The maximum absolute atomic E-state index is 12.6. The molecule has 1 heterocycles. The van der Waals surface area contributed by atoms with Crippen molar-refractivity contribution >= 4 is 23.3 Å². The maximum atomic E-state index is 12.6. The van der Waals surface area contributed by atoms with Crippen LogP contribution < -0.4 is 15.5 Å². The van der Waals surface area contributed by atoms with Gasteiger partial charge < -0.3 is 20.4 Å². The summed E-state index contributed by atoms with van der Waals surface area (Å²) >= 11 is 0. The van der Waals surface area contributed by atoms with Gasteiger partial charge in [0.15, 0.2) is 0 Å². The van der Waals surface area contributed by atoms with Gasteiger partial charge in [0, 0.05) is 45.1 Å². The summed E-state index contributed by atoms with van der Waals surface area (Å²) in [5.74, 6) is -0.162. The number of para-hydroxylation sites is 1. The van der Waals surface area contributed by atoms with Gasteiger partial charge in [0.25, 0.3) is 0 Å². The molecule has 0 aliphatic carbocycles. The summed E-state index contributed by atoms with van der Waals surface area (Å²) in [7, 11) is 4.00. The number of urea groups is 1. The minimum absolute atomic E-state index is 0.00824. The molecule has 0 spiro atoms. The average Bonchev–Trinajstić information content (AvgIpc) is 2.73. The molecule has 2 N–H and O–H groups in total. The number of carbonyl (C=O) groups is 2. The highest BCUT2D eigenvalue weighted by atomic mass is 16.2. The van der Waals surface area contributed by atoms with Crippen LogP contribution in [0.4, 0.5) is 16.2 Å². The fraction of sp³-hybridized carbons (Fsp3) is 0.364. The Morgan fingerprint density at radius 3 is 2.46 bits per heavy atom. The predicted molar refractivity (Wildman–Crippen MR) is 112 cm³/mol. The second kappa shape index (κ2) is 9.26. The first kappa shape index (κ1) is 19.7. The van der Waals surface area contributed by atoms with Gasteiger partial charge in [0.1, 0.15) is 0 Å². The number of hydrogen-bond donors (Lipinski definition) is 2. The van der Waals surface area contributed by atoms with Gasteiger partial charge in [-0.3, -0.25) is 4.79 Å². The molecule has 2 aromatic rings. The van der Waals surface area contributed by atoms with Crippen LogP contribution in [0.3, 0.4) is 0 Å². The normalized spacial score (nSPS) is 16.4. The average molecular weight is 380 g/mol. The molecular weight excluding hydrogens is 352 g/mol. The molecule has 0 saturated carbocycles. The zero-order chi connectivity index (χ0) is 19.9. The van der Waals surface area contributed by atoms with Crippen molar-refractivity contribution in [3.05, 3.63) is 60.2 Å². The quantitative estimate of drug-likeness (QED) is 0.836. The van der Waals surface area contributed by atoms with Gasteiger partial charge in [-0.15, -0.1) is 0 Å². The number of nitrogens with one attached hydrogen (secondary N) is 2. The van der Waals surface area contributed by atoms with Gasteiger partial charge in [-0.1, -0.05) is 30.3 Å². The molecule has 6 nitrogen and oxygen atoms in total. The monoisotopic (exact) mass is 380 g/mol. The molecule has 1 aliphatic heterocycles. The van der Waals surface area contributed by atoms with E-state index in [-0.39, 0.29) is 17.9 Å². The molecule has 1 aliphatic rings. The first-order valence-corrected chi connectivity index (χ1v) is 9.68. The Morgan fingerprint density at radius 1 is 1.07 bits per heavy atom. The lowest BCUT2D eigenvalue weighted by Gasteiger charge is -2.32. The summed E-state index contributed by atoms with van der Waals surface area (Å²) in [6.07, 6.45) is 1.64. The van der Waals surface area contributed by atoms with E-state index in [2.05, 4.69) is 10.6 Å². The van der Waals surface area contributed by atoms with Crippen molar-refractivity contribution in [1.29, 1.82) is 0 Å². The number of anilines is 2. The first-order valence-electron chi connectivity index (χ1n) is 9.68. The second-order valence-corrected chi connectivity index (χ2v) is 7.36. The minimum atomic E-state index is -0.170.